The second-order valence-corrected chi connectivity index (χ2v) is 11.0. The summed E-state index contributed by atoms with van der Waals surface area (Å²) in [5, 5.41) is 4.71. The number of allylic oxidation sites excluding steroid dienone is 6. The molecule has 1 aliphatic heterocycles. The third kappa shape index (κ3) is 6.24. The lowest BCUT2D eigenvalue weighted by Crippen LogP contribution is -2.36. The Bertz CT molecular complexity index is 1130. The Hall–Kier alpha value is -2.52. The lowest BCUT2D eigenvalue weighted by molar-refractivity contribution is 0.225. The van der Waals surface area contributed by atoms with Crippen LogP contribution >= 0.6 is 0 Å². The van der Waals surface area contributed by atoms with Gasteiger partial charge in [0, 0.05) is 35.8 Å². The molecule has 3 nitrogen and oxygen atoms in total. The summed E-state index contributed by atoms with van der Waals surface area (Å²) in [7, 11) is 2.02. The number of nitrogens with one attached hydrogen (secondary N) is 2. The number of H-pyrrole nitrogens is 1. The van der Waals surface area contributed by atoms with Crippen LogP contribution in [0.5, 0.6) is 0 Å². The van der Waals surface area contributed by atoms with Gasteiger partial charge in [0.15, 0.2) is 0 Å². The first-order valence-corrected chi connectivity index (χ1v) is 14.0. The normalized spacial score (nSPS) is 18.0. The molecule has 0 radical (unpaired) electrons. The van der Waals surface area contributed by atoms with E-state index in [1.165, 1.54) is 63.0 Å². The van der Waals surface area contributed by atoms with Crippen molar-refractivity contribution in [3.05, 3.63) is 76.7 Å². The summed E-state index contributed by atoms with van der Waals surface area (Å²) in [6.45, 7) is 23.2. The number of hydrogen-bond donors (Lipinski definition) is 2. The molecule has 1 unspecified atom stereocenters. The first-order chi connectivity index (χ1) is 17.2. The van der Waals surface area contributed by atoms with Crippen LogP contribution in [0.25, 0.3) is 16.5 Å². The first kappa shape index (κ1) is 28.1. The second-order valence-electron chi connectivity index (χ2n) is 11.0. The van der Waals surface area contributed by atoms with Crippen molar-refractivity contribution in [1.82, 2.24) is 15.2 Å². The average Bonchev–Trinajstić information content (AvgIpc) is 3.28. The van der Waals surface area contributed by atoms with E-state index in [0.29, 0.717) is 17.8 Å². The van der Waals surface area contributed by atoms with E-state index in [-0.39, 0.29) is 0 Å². The minimum atomic E-state index is 0.427. The molecular weight excluding hydrogens is 438 g/mol. The van der Waals surface area contributed by atoms with Gasteiger partial charge in [-0.15, -0.1) is 0 Å². The molecule has 36 heavy (non-hydrogen) atoms. The lowest BCUT2D eigenvalue weighted by atomic mass is 9.87. The van der Waals surface area contributed by atoms with E-state index in [1.54, 1.807) is 0 Å². The monoisotopic (exact) mass is 487 g/mol. The van der Waals surface area contributed by atoms with Gasteiger partial charge in [-0.3, -0.25) is 4.90 Å². The third-order valence-corrected chi connectivity index (χ3v) is 8.32. The van der Waals surface area contributed by atoms with Gasteiger partial charge in [-0.05, 0) is 99.7 Å². The van der Waals surface area contributed by atoms with Gasteiger partial charge in [-0.1, -0.05) is 64.1 Å². The molecule has 2 aromatic rings. The van der Waals surface area contributed by atoms with E-state index < -0.39 is 0 Å². The van der Waals surface area contributed by atoms with Crippen molar-refractivity contribution in [2.24, 2.45) is 5.92 Å². The molecule has 0 bridgehead atoms. The molecule has 3 heteroatoms. The van der Waals surface area contributed by atoms with Crippen LogP contribution in [0.4, 0.5) is 0 Å². The smallest absolute Gasteiger partial charge is 0.0502 e. The zero-order valence-electron chi connectivity index (χ0n) is 24.1. The van der Waals surface area contributed by atoms with Crippen LogP contribution in [-0.2, 0) is 0 Å². The number of hydrogen-bond acceptors (Lipinski definition) is 2. The Balaban J connectivity index is 1.98. The molecule has 0 aliphatic carbocycles. The molecule has 0 saturated carbocycles. The Labute approximate surface area is 220 Å². The molecule has 3 rings (SSSR count). The molecule has 0 spiro atoms. The Morgan fingerprint density at radius 1 is 1.19 bits per heavy atom. The van der Waals surface area contributed by atoms with E-state index in [2.05, 4.69) is 101 Å². The number of likely N-dealkylation sites (N-methyl/N-ethyl adjacent to an activating group) is 1. The molecule has 1 aliphatic rings. The number of likely N-dealkylation sites (tertiary alicyclic amines) is 1. The maximum Gasteiger partial charge on any atom is 0.0502 e. The summed E-state index contributed by atoms with van der Waals surface area (Å²) in [5.74, 6) is 1.63. The van der Waals surface area contributed by atoms with Gasteiger partial charge in [0.2, 0.25) is 0 Å². The maximum atomic E-state index is 4.11. The van der Waals surface area contributed by atoms with Crippen molar-refractivity contribution in [2.45, 2.75) is 79.6 Å². The van der Waals surface area contributed by atoms with Crippen molar-refractivity contribution in [2.75, 3.05) is 26.7 Å². The van der Waals surface area contributed by atoms with Crippen LogP contribution in [0.15, 0.2) is 59.8 Å². The van der Waals surface area contributed by atoms with Crippen LogP contribution in [0.1, 0.15) is 96.4 Å². The highest BCUT2D eigenvalue weighted by molar-refractivity contribution is 5.93. The topological polar surface area (TPSA) is 31.1 Å². The van der Waals surface area contributed by atoms with E-state index in [9.17, 15) is 0 Å². The molecule has 1 aromatic carbocycles. The number of piperidine rings is 1. The molecule has 1 fully saturated rings. The fourth-order valence-corrected chi connectivity index (χ4v) is 5.46. The number of benzene rings is 1. The summed E-state index contributed by atoms with van der Waals surface area (Å²) >= 11 is 0. The van der Waals surface area contributed by atoms with Gasteiger partial charge < -0.3 is 10.3 Å². The SMILES string of the molecule is C=C/C(C)=C(\C=C(\C)C(C)CC)c1[nH]c2ccc(C3CCN(C/C(=C/C)NC)CC3)cc2c1C(C)C. The second kappa shape index (κ2) is 12.6. The van der Waals surface area contributed by atoms with Gasteiger partial charge in [0.05, 0.1) is 5.69 Å². The summed E-state index contributed by atoms with van der Waals surface area (Å²) < 4.78 is 0. The van der Waals surface area contributed by atoms with Crippen LogP contribution in [0.2, 0.25) is 0 Å². The number of fused-ring (bicyclic) bond motifs is 1. The largest absolute Gasteiger partial charge is 0.391 e. The minimum absolute atomic E-state index is 0.427. The number of rotatable bonds is 10. The highest BCUT2D eigenvalue weighted by atomic mass is 15.1. The van der Waals surface area contributed by atoms with E-state index in [1.807, 2.05) is 13.1 Å². The van der Waals surface area contributed by atoms with Crippen molar-refractivity contribution in [3.8, 4) is 0 Å². The Morgan fingerprint density at radius 3 is 2.44 bits per heavy atom. The van der Waals surface area contributed by atoms with Crippen molar-refractivity contribution in [3.63, 3.8) is 0 Å². The zero-order valence-corrected chi connectivity index (χ0v) is 24.1. The molecule has 2 N–H and O–H groups in total. The van der Waals surface area contributed by atoms with Gasteiger partial charge in [0.25, 0.3) is 0 Å². The molecular formula is C33H49N3. The fraction of sp³-hybridized carbons (Fsp3) is 0.515. The van der Waals surface area contributed by atoms with Crippen LogP contribution in [0, 0.1) is 5.92 Å². The predicted molar refractivity (Wildman–Crippen MR) is 160 cm³/mol. The fourth-order valence-electron chi connectivity index (χ4n) is 5.46. The maximum absolute atomic E-state index is 4.11. The molecule has 1 saturated heterocycles. The zero-order chi connectivity index (χ0) is 26.4. The average molecular weight is 488 g/mol. The Morgan fingerprint density at radius 2 is 1.89 bits per heavy atom. The number of nitrogens with zero attached hydrogens (tertiary/aromatic N) is 1. The van der Waals surface area contributed by atoms with Crippen molar-refractivity contribution < 1.29 is 0 Å². The highest BCUT2D eigenvalue weighted by Crippen LogP contribution is 2.38. The van der Waals surface area contributed by atoms with Crippen LogP contribution < -0.4 is 5.32 Å². The number of aromatic amines is 1. The first-order valence-electron chi connectivity index (χ1n) is 14.0. The summed E-state index contributed by atoms with van der Waals surface area (Å²) in [4.78, 5) is 6.40. The molecule has 1 atom stereocenters. The standard InChI is InChI=1S/C33H49N3/c1-10-23(6)25(8)19-29(24(7)11-2)33-32(22(4)5)30-20-27(13-14-31(30)35-33)26-15-17-36(18-16-26)21-28(12-3)34-9/h11-14,19-20,22-23,26,34-35H,2,10,15-18,21H2,1,3-9H3/b25-19-,28-12-,29-24+. The summed E-state index contributed by atoms with van der Waals surface area (Å²) in [6, 6.07) is 7.17. The summed E-state index contributed by atoms with van der Waals surface area (Å²) in [5.41, 5.74) is 10.7. The van der Waals surface area contributed by atoms with Gasteiger partial charge >= 0.3 is 0 Å². The van der Waals surface area contributed by atoms with Crippen molar-refractivity contribution in [1.29, 1.82) is 0 Å². The van der Waals surface area contributed by atoms with E-state index in [0.717, 1.165) is 26.1 Å². The Kier molecular flexibility index (Phi) is 9.84. The quantitative estimate of drug-likeness (QED) is 0.329. The van der Waals surface area contributed by atoms with Gasteiger partial charge in [-0.2, -0.15) is 0 Å². The van der Waals surface area contributed by atoms with E-state index in [4.69, 9.17) is 0 Å². The molecule has 0 amide bonds. The minimum Gasteiger partial charge on any atom is -0.391 e. The highest BCUT2D eigenvalue weighted by Gasteiger charge is 2.23. The third-order valence-electron chi connectivity index (χ3n) is 8.32. The van der Waals surface area contributed by atoms with Gasteiger partial charge in [-0.25, -0.2) is 0 Å². The molecule has 196 valence electrons. The van der Waals surface area contributed by atoms with Crippen LogP contribution in [-0.4, -0.2) is 36.6 Å². The molecule has 2 heterocycles. The predicted octanol–water partition coefficient (Wildman–Crippen LogP) is 8.55. The lowest BCUT2D eigenvalue weighted by Gasteiger charge is -2.32. The van der Waals surface area contributed by atoms with Gasteiger partial charge in [0.1, 0.15) is 0 Å². The van der Waals surface area contributed by atoms with Crippen molar-refractivity contribution >= 4 is 16.5 Å². The van der Waals surface area contributed by atoms with Crippen LogP contribution in [0.3, 0.4) is 0 Å². The summed E-state index contributed by atoms with van der Waals surface area (Å²) in [6.07, 6.45) is 10.2. The molecule has 1 aromatic heterocycles. The van der Waals surface area contributed by atoms with E-state index >= 15 is 0 Å². The number of aromatic nitrogens is 1.